The molecule has 0 saturated carbocycles. The second kappa shape index (κ2) is 4.60. The van der Waals surface area contributed by atoms with Gasteiger partial charge in [0.05, 0.1) is 0 Å². The standard InChI is InChI=1S/C11H23N3/c1-9-7-14(5-3-11(9)12)8-10-2-4-13-6-10/h9-11,13H,2-8,12H2,1H3. The van der Waals surface area contributed by atoms with Crippen molar-refractivity contribution in [3.63, 3.8) is 0 Å². The van der Waals surface area contributed by atoms with Crippen molar-refractivity contribution in [3.05, 3.63) is 0 Å². The molecule has 2 aliphatic rings. The molecule has 3 unspecified atom stereocenters. The van der Waals surface area contributed by atoms with Gasteiger partial charge in [-0.05, 0) is 44.3 Å². The zero-order valence-electron chi connectivity index (χ0n) is 9.21. The van der Waals surface area contributed by atoms with Crippen LogP contribution < -0.4 is 11.1 Å². The highest BCUT2D eigenvalue weighted by molar-refractivity contribution is 4.83. The van der Waals surface area contributed by atoms with Gasteiger partial charge in [-0.2, -0.15) is 0 Å². The van der Waals surface area contributed by atoms with Crippen LogP contribution in [-0.4, -0.2) is 43.7 Å². The molecule has 82 valence electrons. The maximum absolute atomic E-state index is 6.01. The van der Waals surface area contributed by atoms with Crippen molar-refractivity contribution in [2.24, 2.45) is 17.6 Å². The van der Waals surface area contributed by atoms with E-state index in [1.54, 1.807) is 0 Å². The Morgan fingerprint density at radius 3 is 2.93 bits per heavy atom. The number of nitrogens with two attached hydrogens (primary N) is 1. The Hall–Kier alpha value is -0.120. The lowest BCUT2D eigenvalue weighted by Crippen LogP contribution is -2.47. The molecule has 0 aromatic heterocycles. The zero-order chi connectivity index (χ0) is 9.97. The Balaban J connectivity index is 1.75. The van der Waals surface area contributed by atoms with Crippen LogP contribution in [-0.2, 0) is 0 Å². The molecule has 0 aromatic rings. The molecular weight excluding hydrogens is 174 g/mol. The van der Waals surface area contributed by atoms with E-state index in [0.717, 1.165) is 5.92 Å². The summed E-state index contributed by atoms with van der Waals surface area (Å²) in [6.07, 6.45) is 2.54. The monoisotopic (exact) mass is 197 g/mol. The van der Waals surface area contributed by atoms with Gasteiger partial charge in [0, 0.05) is 19.1 Å². The molecule has 3 N–H and O–H groups in total. The van der Waals surface area contributed by atoms with Crippen LogP contribution >= 0.6 is 0 Å². The van der Waals surface area contributed by atoms with Crippen LogP contribution in [0.4, 0.5) is 0 Å². The summed E-state index contributed by atoms with van der Waals surface area (Å²) in [6.45, 7) is 8.41. The molecule has 2 fully saturated rings. The van der Waals surface area contributed by atoms with E-state index in [4.69, 9.17) is 5.73 Å². The number of rotatable bonds is 2. The van der Waals surface area contributed by atoms with Crippen molar-refractivity contribution in [2.75, 3.05) is 32.7 Å². The minimum absolute atomic E-state index is 0.438. The van der Waals surface area contributed by atoms with Crippen molar-refractivity contribution >= 4 is 0 Å². The summed E-state index contributed by atoms with van der Waals surface area (Å²) in [5.41, 5.74) is 6.01. The predicted molar refractivity (Wildman–Crippen MR) is 59.2 cm³/mol. The molecule has 0 spiro atoms. The molecule has 0 aromatic carbocycles. The Kier molecular flexibility index (Phi) is 3.42. The second-order valence-electron chi connectivity index (χ2n) is 5.05. The Morgan fingerprint density at radius 1 is 1.43 bits per heavy atom. The second-order valence-corrected chi connectivity index (χ2v) is 5.05. The van der Waals surface area contributed by atoms with Crippen molar-refractivity contribution in [1.82, 2.24) is 10.2 Å². The highest BCUT2D eigenvalue weighted by atomic mass is 15.1. The predicted octanol–water partition coefficient (Wildman–Crippen LogP) is 0.265. The fraction of sp³-hybridized carbons (Fsp3) is 1.00. The van der Waals surface area contributed by atoms with Gasteiger partial charge in [0.15, 0.2) is 0 Å². The third-order valence-corrected chi connectivity index (χ3v) is 3.73. The van der Waals surface area contributed by atoms with E-state index in [1.165, 1.54) is 45.6 Å². The van der Waals surface area contributed by atoms with Crippen LogP contribution in [0.15, 0.2) is 0 Å². The average Bonchev–Trinajstić information content (AvgIpc) is 2.64. The Bertz CT molecular complexity index is 177. The van der Waals surface area contributed by atoms with Crippen LogP contribution in [0.1, 0.15) is 19.8 Å². The van der Waals surface area contributed by atoms with E-state index >= 15 is 0 Å². The van der Waals surface area contributed by atoms with Crippen LogP contribution in [0.2, 0.25) is 0 Å². The molecule has 3 heteroatoms. The Labute approximate surface area is 87.0 Å². The van der Waals surface area contributed by atoms with Crippen molar-refractivity contribution in [1.29, 1.82) is 0 Å². The van der Waals surface area contributed by atoms with Crippen LogP contribution in [0.3, 0.4) is 0 Å². The molecule has 2 saturated heterocycles. The SMILES string of the molecule is CC1CN(CC2CCNC2)CCC1N. The highest BCUT2D eigenvalue weighted by Gasteiger charge is 2.25. The largest absolute Gasteiger partial charge is 0.327 e. The maximum Gasteiger partial charge on any atom is 0.00889 e. The van der Waals surface area contributed by atoms with Gasteiger partial charge in [-0.3, -0.25) is 0 Å². The average molecular weight is 197 g/mol. The summed E-state index contributed by atoms with van der Waals surface area (Å²) in [7, 11) is 0. The van der Waals surface area contributed by atoms with Crippen molar-refractivity contribution in [2.45, 2.75) is 25.8 Å². The third-order valence-electron chi connectivity index (χ3n) is 3.73. The van der Waals surface area contributed by atoms with Gasteiger partial charge in [-0.25, -0.2) is 0 Å². The minimum Gasteiger partial charge on any atom is -0.327 e. The number of piperidine rings is 1. The number of likely N-dealkylation sites (tertiary alicyclic amines) is 1. The molecule has 2 heterocycles. The summed E-state index contributed by atoms with van der Waals surface area (Å²) < 4.78 is 0. The smallest absolute Gasteiger partial charge is 0.00889 e. The molecule has 14 heavy (non-hydrogen) atoms. The molecule has 2 aliphatic heterocycles. The van der Waals surface area contributed by atoms with Gasteiger partial charge >= 0.3 is 0 Å². The van der Waals surface area contributed by atoms with E-state index in [2.05, 4.69) is 17.1 Å². The first-order valence-corrected chi connectivity index (χ1v) is 5.94. The number of nitrogens with zero attached hydrogens (tertiary/aromatic N) is 1. The van der Waals surface area contributed by atoms with Gasteiger partial charge in [0.1, 0.15) is 0 Å². The number of hydrogen-bond donors (Lipinski definition) is 2. The van der Waals surface area contributed by atoms with Crippen LogP contribution in [0, 0.1) is 11.8 Å². The van der Waals surface area contributed by atoms with E-state index in [-0.39, 0.29) is 0 Å². The lowest BCUT2D eigenvalue weighted by Gasteiger charge is -2.36. The fourth-order valence-electron chi connectivity index (χ4n) is 2.65. The lowest BCUT2D eigenvalue weighted by molar-refractivity contribution is 0.146. The normalized spacial score (nSPS) is 40.3. The third kappa shape index (κ3) is 2.47. The summed E-state index contributed by atoms with van der Waals surface area (Å²) in [6, 6.07) is 0.438. The molecule has 2 rings (SSSR count). The first kappa shape index (κ1) is 10.4. The van der Waals surface area contributed by atoms with Crippen molar-refractivity contribution < 1.29 is 0 Å². The van der Waals surface area contributed by atoms with Gasteiger partial charge < -0.3 is 16.0 Å². The molecule has 0 amide bonds. The molecule has 3 nitrogen and oxygen atoms in total. The summed E-state index contributed by atoms with van der Waals surface area (Å²) >= 11 is 0. The van der Waals surface area contributed by atoms with Crippen LogP contribution in [0.25, 0.3) is 0 Å². The van der Waals surface area contributed by atoms with Gasteiger partial charge in [0.25, 0.3) is 0 Å². The quantitative estimate of drug-likeness (QED) is 0.667. The fourth-order valence-corrected chi connectivity index (χ4v) is 2.65. The highest BCUT2D eigenvalue weighted by Crippen LogP contribution is 2.18. The summed E-state index contributed by atoms with van der Waals surface area (Å²) in [5.74, 6) is 1.56. The first-order chi connectivity index (χ1) is 6.75. The van der Waals surface area contributed by atoms with Gasteiger partial charge in [-0.1, -0.05) is 6.92 Å². The van der Waals surface area contributed by atoms with E-state index in [0.29, 0.717) is 12.0 Å². The molecule has 3 atom stereocenters. The lowest BCUT2D eigenvalue weighted by atomic mass is 9.94. The number of nitrogens with one attached hydrogen (secondary N) is 1. The van der Waals surface area contributed by atoms with Crippen LogP contribution in [0.5, 0.6) is 0 Å². The van der Waals surface area contributed by atoms with Gasteiger partial charge in [0.2, 0.25) is 0 Å². The molecule has 0 radical (unpaired) electrons. The molecule has 0 bridgehead atoms. The zero-order valence-corrected chi connectivity index (χ0v) is 9.21. The van der Waals surface area contributed by atoms with E-state index in [9.17, 15) is 0 Å². The minimum atomic E-state index is 0.438. The summed E-state index contributed by atoms with van der Waals surface area (Å²) in [5, 5.41) is 3.43. The maximum atomic E-state index is 6.01. The number of hydrogen-bond acceptors (Lipinski definition) is 3. The Morgan fingerprint density at radius 2 is 2.29 bits per heavy atom. The topological polar surface area (TPSA) is 41.3 Å². The first-order valence-electron chi connectivity index (χ1n) is 5.94. The van der Waals surface area contributed by atoms with E-state index < -0.39 is 0 Å². The van der Waals surface area contributed by atoms with E-state index in [1.807, 2.05) is 0 Å². The van der Waals surface area contributed by atoms with Crippen molar-refractivity contribution in [3.8, 4) is 0 Å². The molecular formula is C11H23N3. The molecule has 0 aliphatic carbocycles. The van der Waals surface area contributed by atoms with Gasteiger partial charge in [-0.15, -0.1) is 0 Å². The summed E-state index contributed by atoms with van der Waals surface area (Å²) in [4.78, 5) is 2.60.